The zero-order chi connectivity index (χ0) is 18.8. The number of rotatable bonds is 7. The minimum Gasteiger partial charge on any atom is -0.484 e. The van der Waals surface area contributed by atoms with Gasteiger partial charge in [0.05, 0.1) is 4.90 Å². The van der Waals surface area contributed by atoms with Gasteiger partial charge in [0.2, 0.25) is 10.0 Å². The van der Waals surface area contributed by atoms with E-state index in [0.717, 1.165) is 0 Å². The fraction of sp³-hybridized carbons (Fsp3) is 0.588. The first-order chi connectivity index (χ1) is 11.6. The minimum absolute atomic E-state index is 0.202. The van der Waals surface area contributed by atoms with E-state index in [-0.39, 0.29) is 17.5 Å². The number of amides is 1. The van der Waals surface area contributed by atoms with E-state index in [9.17, 15) is 13.2 Å². The van der Waals surface area contributed by atoms with Crippen molar-refractivity contribution in [1.82, 2.24) is 9.21 Å². The topological polar surface area (TPSA) is 92.9 Å². The van der Waals surface area contributed by atoms with Gasteiger partial charge in [0.25, 0.3) is 5.91 Å². The van der Waals surface area contributed by atoms with Crippen LogP contribution in [0.1, 0.15) is 13.8 Å². The summed E-state index contributed by atoms with van der Waals surface area (Å²) < 4.78 is 32.6. The number of sulfonamides is 1. The molecule has 2 N–H and O–H groups in total. The van der Waals surface area contributed by atoms with E-state index in [1.54, 1.807) is 4.31 Å². The van der Waals surface area contributed by atoms with Crippen LogP contribution < -0.4 is 10.5 Å². The second-order valence-electron chi connectivity index (χ2n) is 6.99. The van der Waals surface area contributed by atoms with Gasteiger partial charge in [-0.15, -0.1) is 0 Å². The Morgan fingerprint density at radius 2 is 1.88 bits per heavy atom. The number of nitrogens with zero attached hydrogens (tertiary/aromatic N) is 2. The summed E-state index contributed by atoms with van der Waals surface area (Å²) in [5.74, 6) is 0.522. The van der Waals surface area contributed by atoms with Crippen molar-refractivity contribution < 1.29 is 17.9 Å². The number of hydrogen-bond donors (Lipinski definition) is 1. The Bertz CT molecular complexity index is 685. The molecule has 25 heavy (non-hydrogen) atoms. The fourth-order valence-electron chi connectivity index (χ4n) is 3.18. The number of benzene rings is 1. The highest BCUT2D eigenvalue weighted by Crippen LogP contribution is 2.31. The van der Waals surface area contributed by atoms with Gasteiger partial charge < -0.3 is 15.4 Å². The number of carbonyl (C=O) groups is 1. The number of nitrogens with two attached hydrogens (primary N) is 1. The van der Waals surface area contributed by atoms with E-state index in [1.807, 2.05) is 14.1 Å². The molecule has 0 aliphatic carbocycles. The summed E-state index contributed by atoms with van der Waals surface area (Å²) in [5.41, 5.74) is 5.03. The van der Waals surface area contributed by atoms with Gasteiger partial charge in [0.1, 0.15) is 5.75 Å². The molecule has 1 saturated heterocycles. The predicted molar refractivity (Wildman–Crippen MR) is 95.7 cm³/mol. The maximum absolute atomic E-state index is 12.9. The smallest absolute Gasteiger partial charge is 0.255 e. The van der Waals surface area contributed by atoms with Crippen LogP contribution in [0, 0.1) is 11.8 Å². The maximum atomic E-state index is 12.9. The first-order valence-electron chi connectivity index (χ1n) is 8.30. The zero-order valence-corrected chi connectivity index (χ0v) is 16.0. The number of likely N-dealkylation sites (N-methyl/N-ethyl adjacent to an activating group) is 1. The molecule has 1 aromatic carbocycles. The molecule has 8 heteroatoms. The van der Waals surface area contributed by atoms with Gasteiger partial charge in [0.15, 0.2) is 6.61 Å². The Kier molecular flexibility index (Phi) is 6.08. The summed E-state index contributed by atoms with van der Waals surface area (Å²) in [6, 6.07) is 6.27. The zero-order valence-electron chi connectivity index (χ0n) is 15.2. The van der Waals surface area contributed by atoms with Gasteiger partial charge in [-0.3, -0.25) is 4.79 Å². The first kappa shape index (κ1) is 19.7. The number of primary amides is 1. The Hall–Kier alpha value is -1.64. The normalized spacial score (nSPS) is 21.8. The Morgan fingerprint density at radius 1 is 1.28 bits per heavy atom. The molecule has 1 heterocycles. The number of hydrogen-bond acceptors (Lipinski definition) is 5. The van der Waals surface area contributed by atoms with Gasteiger partial charge in [0, 0.05) is 19.1 Å². The summed E-state index contributed by atoms with van der Waals surface area (Å²) >= 11 is 0. The molecule has 0 bridgehead atoms. The average Bonchev–Trinajstić information content (AvgIpc) is 3.00. The van der Waals surface area contributed by atoms with Crippen LogP contribution in [0.15, 0.2) is 29.2 Å². The maximum Gasteiger partial charge on any atom is 0.255 e. The lowest BCUT2D eigenvalue weighted by Crippen LogP contribution is -2.37. The molecule has 0 saturated carbocycles. The van der Waals surface area contributed by atoms with Crippen LogP contribution in [0.5, 0.6) is 5.75 Å². The van der Waals surface area contributed by atoms with Crippen LogP contribution in [0.3, 0.4) is 0 Å². The van der Waals surface area contributed by atoms with E-state index < -0.39 is 15.9 Å². The van der Waals surface area contributed by atoms with E-state index >= 15 is 0 Å². The molecule has 2 atom stereocenters. The number of ether oxygens (including phenoxy) is 1. The standard InChI is InChI=1S/C17H27N3O4S/c1-12(2)15-9-20(10-16(15)19(3)4)25(22,23)14-7-5-13(6-8-14)24-11-17(18)21/h5-8,12,15-16H,9-11H2,1-4H3,(H2,18,21)/t15-,16+/m0/s1. The van der Waals surface area contributed by atoms with Gasteiger partial charge in [-0.1, -0.05) is 13.8 Å². The van der Waals surface area contributed by atoms with Gasteiger partial charge in [-0.25, -0.2) is 8.42 Å². The van der Waals surface area contributed by atoms with Crippen molar-refractivity contribution in [2.24, 2.45) is 17.6 Å². The average molecular weight is 369 g/mol. The molecular weight excluding hydrogens is 342 g/mol. The van der Waals surface area contributed by atoms with E-state index in [2.05, 4.69) is 18.7 Å². The van der Waals surface area contributed by atoms with E-state index in [1.165, 1.54) is 24.3 Å². The summed E-state index contributed by atoms with van der Waals surface area (Å²) in [6.45, 7) is 5.02. The van der Waals surface area contributed by atoms with Crippen LogP contribution in [-0.2, 0) is 14.8 Å². The lowest BCUT2D eigenvalue weighted by atomic mass is 9.91. The van der Waals surface area contributed by atoms with Gasteiger partial charge >= 0.3 is 0 Å². The van der Waals surface area contributed by atoms with Crippen molar-refractivity contribution in [3.05, 3.63) is 24.3 Å². The lowest BCUT2D eigenvalue weighted by molar-refractivity contribution is -0.119. The molecule has 0 unspecified atom stereocenters. The molecule has 0 radical (unpaired) electrons. The number of carbonyl (C=O) groups excluding carboxylic acids is 1. The quantitative estimate of drug-likeness (QED) is 0.766. The van der Waals surface area contributed by atoms with Crippen molar-refractivity contribution in [3.8, 4) is 5.75 Å². The molecular formula is C17H27N3O4S. The minimum atomic E-state index is -3.56. The second kappa shape index (κ2) is 7.72. The molecule has 7 nitrogen and oxygen atoms in total. The highest BCUT2D eigenvalue weighted by Gasteiger charge is 2.41. The van der Waals surface area contributed by atoms with Crippen molar-refractivity contribution in [2.75, 3.05) is 33.8 Å². The van der Waals surface area contributed by atoms with Crippen molar-refractivity contribution in [2.45, 2.75) is 24.8 Å². The Morgan fingerprint density at radius 3 is 2.32 bits per heavy atom. The van der Waals surface area contributed by atoms with Gasteiger partial charge in [-0.05, 0) is 50.2 Å². The SMILES string of the molecule is CC(C)[C@@H]1CN(S(=O)(=O)c2ccc(OCC(N)=O)cc2)C[C@H]1N(C)C. The van der Waals surface area contributed by atoms with Crippen LogP contribution in [0.25, 0.3) is 0 Å². The van der Waals surface area contributed by atoms with Crippen molar-refractivity contribution >= 4 is 15.9 Å². The van der Waals surface area contributed by atoms with Crippen LogP contribution in [0.4, 0.5) is 0 Å². The lowest BCUT2D eigenvalue weighted by Gasteiger charge is -2.27. The highest BCUT2D eigenvalue weighted by molar-refractivity contribution is 7.89. The molecule has 2 rings (SSSR count). The van der Waals surface area contributed by atoms with Crippen LogP contribution in [0.2, 0.25) is 0 Å². The molecule has 140 valence electrons. The van der Waals surface area contributed by atoms with Gasteiger partial charge in [-0.2, -0.15) is 4.31 Å². The summed E-state index contributed by atoms with van der Waals surface area (Å²) in [5, 5.41) is 0. The molecule has 1 amide bonds. The fourth-order valence-corrected chi connectivity index (χ4v) is 4.68. The molecule has 1 aliphatic heterocycles. The van der Waals surface area contributed by atoms with Crippen molar-refractivity contribution in [1.29, 1.82) is 0 Å². The largest absolute Gasteiger partial charge is 0.484 e. The third-order valence-corrected chi connectivity index (χ3v) is 6.51. The summed E-state index contributed by atoms with van der Waals surface area (Å²) in [6.07, 6.45) is 0. The molecule has 0 aromatic heterocycles. The Labute approximate surface area is 149 Å². The third kappa shape index (κ3) is 4.50. The van der Waals surface area contributed by atoms with E-state index in [4.69, 9.17) is 10.5 Å². The first-order valence-corrected chi connectivity index (χ1v) is 9.74. The molecule has 1 aliphatic rings. The predicted octanol–water partition coefficient (Wildman–Crippen LogP) is 0.757. The highest BCUT2D eigenvalue weighted by atomic mass is 32.2. The van der Waals surface area contributed by atoms with Crippen LogP contribution in [-0.4, -0.2) is 63.4 Å². The Balaban J connectivity index is 2.17. The van der Waals surface area contributed by atoms with Crippen LogP contribution >= 0.6 is 0 Å². The third-order valence-electron chi connectivity index (χ3n) is 4.66. The molecule has 1 fully saturated rings. The van der Waals surface area contributed by atoms with Crippen molar-refractivity contribution in [3.63, 3.8) is 0 Å². The molecule has 0 spiro atoms. The van der Waals surface area contributed by atoms with E-state index in [0.29, 0.717) is 30.7 Å². The second-order valence-corrected chi connectivity index (χ2v) is 8.93. The molecule has 1 aromatic rings. The monoisotopic (exact) mass is 369 g/mol. The summed E-state index contributed by atoms with van der Waals surface area (Å²) in [7, 11) is 0.414. The summed E-state index contributed by atoms with van der Waals surface area (Å²) in [4.78, 5) is 13.1.